The summed E-state index contributed by atoms with van der Waals surface area (Å²) < 4.78 is 4.59. The zero-order valence-corrected chi connectivity index (χ0v) is 24.1. The number of nitrogens with zero attached hydrogens (tertiary/aromatic N) is 3. The topological polar surface area (TPSA) is 88.0 Å². The van der Waals surface area contributed by atoms with Crippen LogP contribution in [-0.2, 0) is 9.53 Å². The van der Waals surface area contributed by atoms with Crippen molar-refractivity contribution in [3.8, 4) is 11.1 Å². The standard InChI is InChI=1S/C11H16N4.C11H9N.C10H20O2/c1-3-13-10-5-11-9(7-14-15-11)4-8(10)6-12-2;1-2-5-10(6-3-1)11-7-4-8-12-9-11;1-8(2)5-6-9(3)7-10(11)12-4/h4-5,7,9,11,13,15H,2-3,6H2,1H3;1-9H;8-9H,5-7H2,1-4H3/t;;9-/m..1/s1. The Hall–Kier alpha value is -3.74. The fraction of sp³-hybridized carbons (Fsp3) is 0.438. The second-order valence-electron chi connectivity index (χ2n) is 10.2. The van der Waals surface area contributed by atoms with E-state index in [1.54, 1.807) is 6.20 Å². The van der Waals surface area contributed by atoms with Gasteiger partial charge in [-0.3, -0.25) is 14.8 Å². The minimum Gasteiger partial charge on any atom is -0.469 e. The molecule has 1 aliphatic heterocycles. The number of hydrogen-bond donors (Lipinski definition) is 2. The van der Waals surface area contributed by atoms with Crippen molar-refractivity contribution in [3.63, 3.8) is 0 Å². The number of hydrogen-bond acceptors (Lipinski definition) is 7. The van der Waals surface area contributed by atoms with Gasteiger partial charge in [0.25, 0.3) is 0 Å². The van der Waals surface area contributed by atoms with E-state index in [0.29, 0.717) is 30.8 Å². The van der Waals surface area contributed by atoms with Crippen LogP contribution in [0.3, 0.4) is 0 Å². The smallest absolute Gasteiger partial charge is 0.305 e. The summed E-state index contributed by atoms with van der Waals surface area (Å²) in [6.07, 6.45) is 12.9. The van der Waals surface area contributed by atoms with Crippen LogP contribution in [0, 0.1) is 17.8 Å². The molecule has 0 bridgehead atoms. The molecule has 2 heterocycles. The van der Waals surface area contributed by atoms with Gasteiger partial charge in [0.1, 0.15) is 0 Å². The highest BCUT2D eigenvalue weighted by Gasteiger charge is 2.26. The Labute approximate surface area is 234 Å². The molecule has 0 saturated heterocycles. The van der Waals surface area contributed by atoms with E-state index in [2.05, 4.69) is 95.3 Å². The minimum atomic E-state index is -0.0914. The molecule has 2 unspecified atom stereocenters. The van der Waals surface area contributed by atoms with Crippen LogP contribution in [-0.4, -0.2) is 50.1 Å². The monoisotopic (exact) mass is 531 g/mol. The third-order valence-electron chi connectivity index (χ3n) is 6.37. The Balaban J connectivity index is 0.000000207. The maximum Gasteiger partial charge on any atom is 0.305 e. The number of hydrazone groups is 1. The molecule has 4 rings (SSSR count). The molecule has 2 N–H and O–H groups in total. The molecule has 0 fully saturated rings. The van der Waals surface area contributed by atoms with E-state index in [4.69, 9.17) is 0 Å². The highest BCUT2D eigenvalue weighted by molar-refractivity contribution is 5.69. The molecule has 0 saturated carbocycles. The number of nitrogens with one attached hydrogen (secondary N) is 2. The first-order valence-corrected chi connectivity index (χ1v) is 13.8. The van der Waals surface area contributed by atoms with Crippen molar-refractivity contribution < 1.29 is 9.53 Å². The van der Waals surface area contributed by atoms with Crippen molar-refractivity contribution in [2.45, 2.75) is 53.0 Å². The lowest BCUT2D eigenvalue weighted by Crippen LogP contribution is -2.31. The third-order valence-corrected chi connectivity index (χ3v) is 6.37. The van der Waals surface area contributed by atoms with Crippen LogP contribution in [0.25, 0.3) is 11.1 Å². The molecule has 1 aromatic carbocycles. The largest absolute Gasteiger partial charge is 0.469 e. The highest BCUT2D eigenvalue weighted by atomic mass is 16.5. The number of fused-ring (bicyclic) bond motifs is 1. The normalized spacial score (nSPS) is 17.6. The second kappa shape index (κ2) is 17.7. The van der Waals surface area contributed by atoms with Crippen molar-refractivity contribution in [2.24, 2.45) is 27.8 Å². The molecular weight excluding hydrogens is 486 g/mol. The van der Waals surface area contributed by atoms with Crippen molar-refractivity contribution in [2.75, 3.05) is 20.2 Å². The van der Waals surface area contributed by atoms with Gasteiger partial charge in [-0.25, -0.2) is 0 Å². The SMILES string of the molecule is C=NCC1=CC2C=NNC2C=C1NCC.COC(=O)C[C@H](C)CCC(C)C.c1ccc(-c2cccnc2)cc1. The van der Waals surface area contributed by atoms with E-state index in [9.17, 15) is 4.79 Å². The molecule has 39 heavy (non-hydrogen) atoms. The van der Waals surface area contributed by atoms with Gasteiger partial charge >= 0.3 is 5.97 Å². The summed E-state index contributed by atoms with van der Waals surface area (Å²) in [5.74, 6) is 1.46. The Morgan fingerprint density at radius 2 is 1.85 bits per heavy atom. The first-order chi connectivity index (χ1) is 18.9. The Morgan fingerprint density at radius 1 is 1.10 bits per heavy atom. The second-order valence-corrected chi connectivity index (χ2v) is 10.2. The molecule has 2 aliphatic rings. The lowest BCUT2D eigenvalue weighted by atomic mass is 9.91. The zero-order valence-electron chi connectivity index (χ0n) is 24.1. The van der Waals surface area contributed by atoms with Gasteiger partial charge < -0.3 is 15.5 Å². The lowest BCUT2D eigenvalue weighted by Gasteiger charge is -2.23. The number of carbonyl (C=O) groups is 1. The Morgan fingerprint density at radius 3 is 2.46 bits per heavy atom. The highest BCUT2D eigenvalue weighted by Crippen LogP contribution is 2.23. The maximum absolute atomic E-state index is 10.8. The van der Waals surface area contributed by atoms with Gasteiger partial charge in [0.05, 0.1) is 19.7 Å². The molecule has 7 heteroatoms. The summed E-state index contributed by atoms with van der Waals surface area (Å²) in [4.78, 5) is 18.8. The zero-order chi connectivity index (χ0) is 28.5. The van der Waals surface area contributed by atoms with E-state index in [0.717, 1.165) is 30.1 Å². The van der Waals surface area contributed by atoms with Crippen LogP contribution >= 0.6 is 0 Å². The van der Waals surface area contributed by atoms with Crippen molar-refractivity contribution in [1.29, 1.82) is 0 Å². The van der Waals surface area contributed by atoms with Gasteiger partial charge in [0.15, 0.2) is 0 Å². The van der Waals surface area contributed by atoms with Crippen LogP contribution in [0.15, 0.2) is 88.4 Å². The van der Waals surface area contributed by atoms with Crippen LogP contribution in [0.2, 0.25) is 0 Å². The molecule has 3 atom stereocenters. The maximum atomic E-state index is 10.8. The van der Waals surface area contributed by atoms with Crippen molar-refractivity contribution in [1.82, 2.24) is 15.7 Å². The van der Waals surface area contributed by atoms with Gasteiger partial charge in [0, 0.05) is 43.2 Å². The van der Waals surface area contributed by atoms with Gasteiger partial charge in [-0.15, -0.1) is 0 Å². The van der Waals surface area contributed by atoms with Crippen molar-refractivity contribution >= 4 is 18.9 Å². The average Bonchev–Trinajstić information content (AvgIpc) is 3.41. The first kappa shape index (κ1) is 31.5. The van der Waals surface area contributed by atoms with Crippen LogP contribution in [0.1, 0.15) is 47.0 Å². The van der Waals surface area contributed by atoms with E-state index >= 15 is 0 Å². The molecule has 0 amide bonds. The molecule has 1 aromatic heterocycles. The van der Waals surface area contributed by atoms with Gasteiger partial charge in [-0.1, -0.05) is 69.7 Å². The molecule has 1 aliphatic carbocycles. The Kier molecular flexibility index (Phi) is 14.3. The summed E-state index contributed by atoms with van der Waals surface area (Å²) in [7, 11) is 1.44. The summed E-state index contributed by atoms with van der Waals surface area (Å²) in [5.41, 5.74) is 7.82. The molecular formula is C32H45N5O2. The lowest BCUT2D eigenvalue weighted by molar-refractivity contribution is -0.141. The minimum absolute atomic E-state index is 0.0914. The molecule has 7 nitrogen and oxygen atoms in total. The predicted molar refractivity (Wildman–Crippen MR) is 163 cm³/mol. The van der Waals surface area contributed by atoms with Crippen LogP contribution in [0.4, 0.5) is 0 Å². The summed E-state index contributed by atoms with van der Waals surface area (Å²) >= 11 is 0. The third kappa shape index (κ3) is 11.7. The number of aliphatic imine (C=N–C) groups is 1. The summed E-state index contributed by atoms with van der Waals surface area (Å²) in [5, 5.41) is 7.42. The average molecular weight is 532 g/mol. The van der Waals surface area contributed by atoms with Crippen LogP contribution in [0.5, 0.6) is 0 Å². The number of esters is 1. The van der Waals surface area contributed by atoms with Gasteiger partial charge in [0.2, 0.25) is 0 Å². The van der Waals surface area contributed by atoms with Gasteiger partial charge in [-0.2, -0.15) is 5.10 Å². The van der Waals surface area contributed by atoms with E-state index in [-0.39, 0.29) is 5.97 Å². The molecule has 0 radical (unpaired) electrons. The fourth-order valence-electron chi connectivity index (χ4n) is 4.17. The predicted octanol–water partition coefficient (Wildman–Crippen LogP) is 6.06. The summed E-state index contributed by atoms with van der Waals surface area (Å²) in [6.45, 7) is 13.7. The Bertz CT molecular complexity index is 1040. The number of aromatic nitrogens is 1. The number of benzene rings is 1. The number of carbonyl (C=O) groups excluding carboxylic acids is 1. The number of pyridine rings is 1. The quantitative estimate of drug-likeness (QED) is 0.287. The number of likely N-dealkylation sites (N-methyl/N-ethyl adjacent to an activating group) is 1. The number of methoxy groups -OCH3 is 1. The van der Waals surface area contributed by atoms with E-state index < -0.39 is 0 Å². The molecule has 2 aromatic rings. The molecule has 210 valence electrons. The number of ether oxygens (including phenoxy) is 1. The number of rotatable bonds is 10. The van der Waals surface area contributed by atoms with Crippen LogP contribution < -0.4 is 10.7 Å². The fourth-order valence-corrected chi connectivity index (χ4v) is 4.17. The van der Waals surface area contributed by atoms with E-state index in [1.807, 2.05) is 36.7 Å². The van der Waals surface area contributed by atoms with Gasteiger partial charge in [-0.05, 0) is 60.7 Å². The molecule has 0 spiro atoms. The van der Waals surface area contributed by atoms with Crippen molar-refractivity contribution in [3.05, 3.63) is 78.3 Å². The first-order valence-electron chi connectivity index (χ1n) is 13.8. The summed E-state index contributed by atoms with van der Waals surface area (Å²) in [6, 6.07) is 14.5. The van der Waals surface area contributed by atoms with E-state index in [1.165, 1.54) is 24.7 Å².